The fourth-order valence-electron chi connectivity index (χ4n) is 7.59. The molecular weight excluding hydrogens is 575 g/mol. The van der Waals surface area contributed by atoms with Gasteiger partial charge in [-0.25, -0.2) is 0 Å². The van der Waals surface area contributed by atoms with E-state index in [0.717, 1.165) is 0 Å². The number of aromatic nitrogens is 1. The molecule has 2 heteroatoms. The summed E-state index contributed by atoms with van der Waals surface area (Å²) in [6.07, 6.45) is 0. The molecule has 0 saturated carbocycles. The lowest BCUT2D eigenvalue weighted by Crippen LogP contribution is -1.95. The van der Waals surface area contributed by atoms with Gasteiger partial charge in [-0.3, -0.25) is 0 Å². The van der Waals surface area contributed by atoms with Crippen LogP contribution in [0.5, 0.6) is 0 Å². The molecule has 0 fully saturated rings. The average molecular weight is 602 g/mol. The standard InChI is InChI=1S/C44H27NS/c1-2-14-30(15-3-1)45-40-22-8-6-17-33(40)39-27-38(32-16-4-5-19-37(32)44(39)45)29-13-10-12-28(26-29)31-24-25-42-43-35(31)20-11-21-36(43)34-18-7-9-23-41(34)46-42/h1-27H. The molecule has 8 aromatic carbocycles. The van der Waals surface area contributed by atoms with Crippen LogP contribution < -0.4 is 0 Å². The van der Waals surface area contributed by atoms with Gasteiger partial charge in [0.25, 0.3) is 0 Å². The van der Waals surface area contributed by atoms with Gasteiger partial charge in [-0.05, 0) is 86.6 Å². The molecule has 9 aromatic rings. The Balaban J connectivity index is 1.22. The second-order valence-corrected chi connectivity index (χ2v) is 13.2. The molecule has 0 spiro atoms. The molecule has 2 heterocycles. The van der Waals surface area contributed by atoms with Crippen molar-refractivity contribution in [3.63, 3.8) is 0 Å². The Labute approximate surface area is 271 Å². The lowest BCUT2D eigenvalue weighted by molar-refractivity contribution is 1.19. The number of hydrogen-bond acceptors (Lipinski definition) is 1. The largest absolute Gasteiger partial charge is 0.309 e. The van der Waals surface area contributed by atoms with Crippen molar-refractivity contribution in [2.45, 2.75) is 9.79 Å². The Hall–Kier alpha value is -5.57. The zero-order valence-corrected chi connectivity index (χ0v) is 25.8. The molecule has 0 bridgehead atoms. The van der Waals surface area contributed by atoms with Gasteiger partial charge in [-0.2, -0.15) is 0 Å². The van der Waals surface area contributed by atoms with Crippen molar-refractivity contribution in [2.75, 3.05) is 0 Å². The Bertz CT molecular complexity index is 2660. The van der Waals surface area contributed by atoms with Crippen molar-refractivity contribution in [1.82, 2.24) is 4.57 Å². The highest BCUT2D eigenvalue weighted by molar-refractivity contribution is 7.99. The van der Waals surface area contributed by atoms with E-state index in [4.69, 9.17) is 0 Å². The summed E-state index contributed by atoms with van der Waals surface area (Å²) >= 11 is 1.88. The van der Waals surface area contributed by atoms with Crippen molar-refractivity contribution >= 4 is 55.1 Å². The predicted octanol–water partition coefficient (Wildman–Crippen LogP) is 12.6. The molecule has 0 N–H and O–H groups in total. The number of rotatable bonds is 3. The molecule has 1 aromatic heterocycles. The third-order valence-electron chi connectivity index (χ3n) is 9.57. The highest BCUT2D eigenvalue weighted by Gasteiger charge is 2.21. The lowest BCUT2D eigenvalue weighted by Gasteiger charge is -2.21. The third-order valence-corrected chi connectivity index (χ3v) is 10.7. The van der Waals surface area contributed by atoms with E-state index in [9.17, 15) is 0 Å². The summed E-state index contributed by atoms with van der Waals surface area (Å²) in [7, 11) is 0. The van der Waals surface area contributed by atoms with Crippen LogP contribution in [0.1, 0.15) is 0 Å². The minimum atomic E-state index is 1.18. The summed E-state index contributed by atoms with van der Waals surface area (Å²) < 4.78 is 2.43. The molecule has 0 saturated heterocycles. The Morgan fingerprint density at radius 1 is 0.370 bits per heavy atom. The maximum absolute atomic E-state index is 2.43. The van der Waals surface area contributed by atoms with E-state index in [1.165, 1.54) is 92.2 Å². The summed E-state index contributed by atoms with van der Waals surface area (Å²) in [5.74, 6) is 0. The van der Waals surface area contributed by atoms with E-state index in [0.29, 0.717) is 0 Å². The Kier molecular flexibility index (Phi) is 5.58. The zero-order valence-electron chi connectivity index (χ0n) is 24.9. The molecule has 10 rings (SSSR count). The van der Waals surface area contributed by atoms with Crippen LogP contribution in [-0.2, 0) is 0 Å². The van der Waals surface area contributed by atoms with Gasteiger partial charge >= 0.3 is 0 Å². The van der Waals surface area contributed by atoms with Gasteiger partial charge in [0.2, 0.25) is 0 Å². The van der Waals surface area contributed by atoms with Crippen LogP contribution in [0, 0.1) is 0 Å². The molecule has 1 aliphatic heterocycles. The van der Waals surface area contributed by atoms with Crippen molar-refractivity contribution in [2.24, 2.45) is 0 Å². The van der Waals surface area contributed by atoms with E-state index >= 15 is 0 Å². The number of fused-ring (bicyclic) bond motifs is 7. The molecule has 1 aliphatic rings. The van der Waals surface area contributed by atoms with Crippen LogP contribution in [-0.4, -0.2) is 4.57 Å². The zero-order chi connectivity index (χ0) is 30.2. The minimum absolute atomic E-state index is 1.18. The average Bonchev–Trinajstić information content (AvgIpc) is 3.46. The maximum Gasteiger partial charge on any atom is 0.0619 e. The molecule has 214 valence electrons. The minimum Gasteiger partial charge on any atom is -0.309 e. The topological polar surface area (TPSA) is 4.93 Å². The van der Waals surface area contributed by atoms with Gasteiger partial charge in [0.05, 0.1) is 11.0 Å². The van der Waals surface area contributed by atoms with Crippen LogP contribution in [0.3, 0.4) is 0 Å². The van der Waals surface area contributed by atoms with Gasteiger partial charge in [0.1, 0.15) is 0 Å². The molecule has 0 unspecified atom stereocenters. The molecule has 46 heavy (non-hydrogen) atoms. The number of benzene rings is 8. The SMILES string of the molecule is c1ccc(-n2c3ccccc3c3cc(-c4cccc(-c5ccc6c7c(cccc57)-c5ccccc5S6)c4)c4ccccc4c32)cc1. The molecule has 0 atom stereocenters. The van der Waals surface area contributed by atoms with Crippen LogP contribution in [0.2, 0.25) is 0 Å². The smallest absolute Gasteiger partial charge is 0.0619 e. The van der Waals surface area contributed by atoms with E-state index in [1.807, 2.05) is 11.8 Å². The maximum atomic E-state index is 2.43. The van der Waals surface area contributed by atoms with E-state index in [1.54, 1.807) is 0 Å². The highest BCUT2D eigenvalue weighted by Crippen LogP contribution is 2.50. The van der Waals surface area contributed by atoms with Crippen molar-refractivity contribution in [1.29, 1.82) is 0 Å². The molecule has 0 amide bonds. The summed E-state index contributed by atoms with van der Waals surface area (Å²) in [6, 6.07) is 60.2. The van der Waals surface area contributed by atoms with E-state index < -0.39 is 0 Å². The predicted molar refractivity (Wildman–Crippen MR) is 196 cm³/mol. The highest BCUT2D eigenvalue weighted by atomic mass is 32.2. The Morgan fingerprint density at radius 3 is 1.93 bits per heavy atom. The van der Waals surface area contributed by atoms with Gasteiger partial charge in [0.15, 0.2) is 0 Å². The van der Waals surface area contributed by atoms with Crippen molar-refractivity contribution in [3.05, 3.63) is 164 Å². The number of para-hydroxylation sites is 2. The Morgan fingerprint density at radius 2 is 1.04 bits per heavy atom. The second-order valence-electron chi connectivity index (χ2n) is 12.1. The van der Waals surface area contributed by atoms with Gasteiger partial charge in [-0.15, -0.1) is 0 Å². The molecule has 0 radical (unpaired) electrons. The van der Waals surface area contributed by atoms with Crippen LogP contribution in [0.15, 0.2) is 174 Å². The van der Waals surface area contributed by atoms with Crippen LogP contribution in [0.4, 0.5) is 0 Å². The van der Waals surface area contributed by atoms with Gasteiger partial charge < -0.3 is 4.57 Å². The molecule has 0 aliphatic carbocycles. The van der Waals surface area contributed by atoms with Gasteiger partial charge in [-0.1, -0.05) is 133 Å². The molecular formula is C44H27NS. The monoisotopic (exact) mass is 601 g/mol. The van der Waals surface area contributed by atoms with E-state index in [-0.39, 0.29) is 0 Å². The fraction of sp³-hybridized carbons (Fsp3) is 0. The first-order chi connectivity index (χ1) is 22.8. The van der Waals surface area contributed by atoms with Crippen LogP contribution >= 0.6 is 11.8 Å². The van der Waals surface area contributed by atoms with Crippen LogP contribution in [0.25, 0.3) is 82.4 Å². The summed E-state index contributed by atoms with van der Waals surface area (Å²) in [6.45, 7) is 0. The normalized spacial score (nSPS) is 12.3. The van der Waals surface area contributed by atoms with Gasteiger partial charge in [0, 0.05) is 37.0 Å². The summed E-state index contributed by atoms with van der Waals surface area (Å²) in [5.41, 5.74) is 11.3. The first kappa shape index (κ1) is 25.7. The number of nitrogens with zero attached hydrogens (tertiary/aromatic N) is 1. The second kappa shape index (κ2) is 9.97. The fourth-order valence-corrected chi connectivity index (χ4v) is 8.72. The van der Waals surface area contributed by atoms with E-state index in [2.05, 4.69) is 168 Å². The van der Waals surface area contributed by atoms with Crippen molar-refractivity contribution < 1.29 is 0 Å². The summed E-state index contributed by atoms with van der Waals surface area (Å²) in [5, 5.41) is 7.73. The lowest BCUT2D eigenvalue weighted by atomic mass is 9.90. The van der Waals surface area contributed by atoms with Crippen molar-refractivity contribution in [3.8, 4) is 39.1 Å². The third kappa shape index (κ3) is 3.71. The number of hydrogen-bond donors (Lipinski definition) is 0. The quantitative estimate of drug-likeness (QED) is 0.195. The first-order valence-corrected chi connectivity index (χ1v) is 16.6. The summed E-state index contributed by atoms with van der Waals surface area (Å²) in [4.78, 5) is 2.66. The molecule has 1 nitrogen and oxygen atoms in total. The first-order valence-electron chi connectivity index (χ1n) is 15.8.